The zero-order valence-electron chi connectivity index (χ0n) is 14.0. The highest BCUT2D eigenvalue weighted by molar-refractivity contribution is 5.99. The molecule has 2 aliphatic rings. The molecule has 0 bridgehead atoms. The molecule has 0 saturated heterocycles. The van der Waals surface area contributed by atoms with Gasteiger partial charge in [-0.15, -0.1) is 0 Å². The number of aromatic nitrogens is 1. The quantitative estimate of drug-likeness (QED) is 0.691. The molecule has 0 N–H and O–H groups in total. The molecule has 1 heterocycles. The van der Waals surface area contributed by atoms with Crippen molar-refractivity contribution in [3.8, 4) is 16.8 Å². The van der Waals surface area contributed by atoms with Crippen molar-refractivity contribution in [3.05, 3.63) is 75.7 Å². The van der Waals surface area contributed by atoms with Gasteiger partial charge < -0.3 is 9.30 Å². The predicted octanol–water partition coefficient (Wildman–Crippen LogP) is 3.74. The number of ether oxygens (including phenoxy) is 1. The van der Waals surface area contributed by atoms with Gasteiger partial charge in [0.2, 0.25) is 0 Å². The molecule has 3 rings (SSSR count). The summed E-state index contributed by atoms with van der Waals surface area (Å²) >= 11 is 0. The van der Waals surface area contributed by atoms with Crippen LogP contribution in [0.1, 0.15) is 28.5 Å². The van der Waals surface area contributed by atoms with Gasteiger partial charge in [0.1, 0.15) is 0 Å². The van der Waals surface area contributed by atoms with Crippen molar-refractivity contribution >= 4 is 5.97 Å². The molecular weight excluding hydrogens is 302 g/mol. The number of pyridine rings is 1. The molecule has 4 nitrogen and oxygen atoms in total. The van der Waals surface area contributed by atoms with Crippen LogP contribution in [0, 0.1) is 13.8 Å². The number of esters is 1. The van der Waals surface area contributed by atoms with E-state index in [-0.39, 0.29) is 12.0 Å². The molecule has 0 unspecified atom stereocenters. The zero-order valence-corrected chi connectivity index (χ0v) is 14.0. The molecule has 0 radical (unpaired) electrons. The Morgan fingerprint density at radius 1 is 1.12 bits per heavy atom. The number of hydrogen-bond donors (Lipinski definition) is 0. The van der Waals surface area contributed by atoms with E-state index in [9.17, 15) is 9.59 Å². The second kappa shape index (κ2) is 6.32. The van der Waals surface area contributed by atoms with E-state index in [2.05, 4.69) is 0 Å². The van der Waals surface area contributed by atoms with Gasteiger partial charge in [-0.1, -0.05) is 18.2 Å². The Balaban J connectivity index is 2.37. The van der Waals surface area contributed by atoms with Crippen LogP contribution in [0.5, 0.6) is 0 Å². The lowest BCUT2D eigenvalue weighted by Crippen LogP contribution is -2.17. The van der Waals surface area contributed by atoms with E-state index in [1.165, 1.54) is 6.07 Å². The van der Waals surface area contributed by atoms with Crippen LogP contribution in [-0.4, -0.2) is 17.1 Å². The number of aryl methyl sites for hydroxylation is 1. The first-order chi connectivity index (χ1) is 11.5. The average molecular weight is 321 g/mol. The Labute approximate surface area is 140 Å². The van der Waals surface area contributed by atoms with Crippen LogP contribution in [0.4, 0.5) is 0 Å². The first kappa shape index (κ1) is 16.0. The van der Waals surface area contributed by atoms with E-state index in [0.29, 0.717) is 16.7 Å². The molecule has 0 atom stereocenters. The van der Waals surface area contributed by atoms with E-state index < -0.39 is 5.97 Å². The van der Waals surface area contributed by atoms with Crippen LogP contribution in [0.3, 0.4) is 0 Å². The summed E-state index contributed by atoms with van der Waals surface area (Å²) in [5.41, 5.74) is 4.18. The second-order valence-corrected chi connectivity index (χ2v) is 5.72. The van der Waals surface area contributed by atoms with Gasteiger partial charge >= 0.3 is 5.97 Å². The Bertz CT molecular complexity index is 926. The lowest BCUT2D eigenvalue weighted by atomic mass is 9.95. The predicted molar refractivity (Wildman–Crippen MR) is 94.1 cm³/mol. The van der Waals surface area contributed by atoms with Crippen molar-refractivity contribution in [1.82, 2.24) is 4.57 Å². The second-order valence-electron chi connectivity index (χ2n) is 5.72. The molecule has 0 spiro atoms. The average Bonchev–Trinajstić information content (AvgIpc) is 2.57. The summed E-state index contributed by atoms with van der Waals surface area (Å²) in [6.45, 7) is 5.70. The largest absolute Gasteiger partial charge is 0.462 e. The maximum atomic E-state index is 12.5. The van der Waals surface area contributed by atoms with Gasteiger partial charge in [0.05, 0.1) is 12.2 Å². The van der Waals surface area contributed by atoms with E-state index in [0.717, 1.165) is 16.9 Å². The maximum Gasteiger partial charge on any atom is 0.340 e. The van der Waals surface area contributed by atoms with Crippen molar-refractivity contribution < 1.29 is 9.53 Å². The number of hydrogen-bond acceptors (Lipinski definition) is 3. The monoisotopic (exact) mass is 321 g/mol. The van der Waals surface area contributed by atoms with Crippen LogP contribution in [-0.2, 0) is 4.74 Å². The van der Waals surface area contributed by atoms with Crippen molar-refractivity contribution in [2.45, 2.75) is 20.8 Å². The number of para-hydroxylation sites is 1. The molecule has 4 heteroatoms. The molecule has 122 valence electrons. The summed E-state index contributed by atoms with van der Waals surface area (Å²) in [4.78, 5) is 24.6. The van der Waals surface area contributed by atoms with E-state index in [1.54, 1.807) is 13.8 Å². The van der Waals surface area contributed by atoms with Crippen LogP contribution in [0.25, 0.3) is 16.8 Å². The summed E-state index contributed by atoms with van der Waals surface area (Å²) in [5, 5.41) is 0. The summed E-state index contributed by atoms with van der Waals surface area (Å²) in [6.07, 6.45) is 1.95. The van der Waals surface area contributed by atoms with Crippen molar-refractivity contribution in [2.24, 2.45) is 0 Å². The normalized spacial score (nSPS) is 10.8. The minimum Gasteiger partial charge on any atom is -0.462 e. The summed E-state index contributed by atoms with van der Waals surface area (Å²) in [5.74, 6) is -0.409. The highest BCUT2D eigenvalue weighted by Crippen LogP contribution is 2.30. The van der Waals surface area contributed by atoms with Crippen molar-refractivity contribution in [2.75, 3.05) is 6.61 Å². The smallest absolute Gasteiger partial charge is 0.340 e. The number of fused-ring (bicyclic) bond motifs is 1. The number of benzene rings is 2. The van der Waals surface area contributed by atoms with Gasteiger partial charge in [-0.2, -0.15) is 0 Å². The summed E-state index contributed by atoms with van der Waals surface area (Å²) in [7, 11) is 0. The summed E-state index contributed by atoms with van der Waals surface area (Å²) in [6, 6.07) is 13.1. The topological polar surface area (TPSA) is 48.3 Å². The van der Waals surface area contributed by atoms with Crippen molar-refractivity contribution in [3.63, 3.8) is 0 Å². The number of carbonyl (C=O) groups excluding carboxylic acids is 1. The van der Waals surface area contributed by atoms with Gasteiger partial charge in [-0.3, -0.25) is 4.79 Å². The minimum absolute atomic E-state index is 0.0788. The van der Waals surface area contributed by atoms with Crippen LogP contribution < -0.4 is 5.43 Å². The minimum atomic E-state index is -0.409. The van der Waals surface area contributed by atoms with Gasteiger partial charge in [0.25, 0.3) is 0 Å². The van der Waals surface area contributed by atoms with Crippen LogP contribution in [0.15, 0.2) is 53.5 Å². The van der Waals surface area contributed by atoms with E-state index in [1.807, 2.05) is 54.1 Å². The van der Waals surface area contributed by atoms with Gasteiger partial charge in [-0.25, -0.2) is 4.79 Å². The van der Waals surface area contributed by atoms with E-state index >= 15 is 0 Å². The third-order valence-corrected chi connectivity index (χ3v) is 4.12. The fraction of sp³-hybridized carbons (Fsp3) is 0.200. The highest BCUT2D eigenvalue weighted by Gasteiger charge is 2.22. The molecule has 1 aromatic carbocycles. The van der Waals surface area contributed by atoms with Crippen LogP contribution in [0.2, 0.25) is 0 Å². The maximum absolute atomic E-state index is 12.5. The fourth-order valence-electron chi connectivity index (χ4n) is 2.90. The molecule has 1 aliphatic carbocycles. The Kier molecular flexibility index (Phi) is 4.21. The first-order valence-corrected chi connectivity index (χ1v) is 7.92. The number of nitrogens with zero attached hydrogens (tertiary/aromatic N) is 1. The van der Waals surface area contributed by atoms with Crippen molar-refractivity contribution in [1.29, 1.82) is 0 Å². The number of rotatable bonds is 3. The van der Waals surface area contributed by atoms with Gasteiger partial charge in [0, 0.05) is 23.1 Å². The Morgan fingerprint density at radius 3 is 2.50 bits per heavy atom. The highest BCUT2D eigenvalue weighted by atomic mass is 16.5. The summed E-state index contributed by atoms with van der Waals surface area (Å²) < 4.78 is 7.18. The molecule has 0 amide bonds. The fourth-order valence-corrected chi connectivity index (χ4v) is 2.90. The molecule has 1 aliphatic heterocycles. The Morgan fingerprint density at radius 2 is 1.83 bits per heavy atom. The third kappa shape index (κ3) is 2.71. The SMILES string of the molecule is CCOC(=O)c1c2cc(=O)c(C)cc-2cn(-c2ccccc2)c1C. The Hall–Kier alpha value is -2.88. The molecule has 0 saturated carbocycles. The molecule has 24 heavy (non-hydrogen) atoms. The van der Waals surface area contributed by atoms with Gasteiger partial charge in [0.15, 0.2) is 5.43 Å². The third-order valence-electron chi connectivity index (χ3n) is 4.12. The lowest BCUT2D eigenvalue weighted by molar-refractivity contribution is 0.0525. The molecule has 0 fully saturated rings. The first-order valence-electron chi connectivity index (χ1n) is 7.92. The standard InChI is InChI=1S/C20H19NO3/c1-4-24-20(23)19-14(3)21(16-8-6-5-7-9-16)12-15-10-13(2)18(22)11-17(15)19/h5-12H,4H2,1-3H3. The zero-order chi connectivity index (χ0) is 17.3. The lowest BCUT2D eigenvalue weighted by Gasteiger charge is -2.20. The van der Waals surface area contributed by atoms with Crippen LogP contribution >= 0.6 is 0 Å². The van der Waals surface area contributed by atoms with Gasteiger partial charge in [-0.05, 0) is 56.2 Å². The molecule has 0 aromatic heterocycles. The number of carbonyl (C=O) groups is 1. The molecular formula is C20H19NO3. The van der Waals surface area contributed by atoms with E-state index in [4.69, 9.17) is 4.74 Å². The molecule has 1 aromatic rings.